The van der Waals surface area contributed by atoms with Crippen molar-refractivity contribution in [3.8, 4) is 11.3 Å². The van der Waals surface area contributed by atoms with E-state index in [1.54, 1.807) is 12.1 Å². The molecular formula is C21H19Cl2FN2O3. The summed E-state index contributed by atoms with van der Waals surface area (Å²) in [6.07, 6.45) is 0.533. The van der Waals surface area contributed by atoms with Crippen molar-refractivity contribution in [1.29, 1.82) is 0 Å². The normalized spacial score (nSPS) is 15.1. The van der Waals surface area contributed by atoms with Gasteiger partial charge < -0.3 is 13.7 Å². The molecule has 0 aliphatic carbocycles. The lowest BCUT2D eigenvalue weighted by atomic mass is 10.1. The fourth-order valence-electron chi connectivity index (χ4n) is 3.46. The molecule has 0 atom stereocenters. The fourth-order valence-corrected chi connectivity index (χ4v) is 3.76. The molecule has 0 unspecified atom stereocenters. The molecule has 8 heteroatoms. The molecule has 0 bridgehead atoms. The zero-order valence-corrected chi connectivity index (χ0v) is 17.0. The van der Waals surface area contributed by atoms with E-state index in [-0.39, 0.29) is 5.82 Å². The molecule has 1 aromatic heterocycles. The zero-order chi connectivity index (χ0) is 20.4. The molecule has 29 heavy (non-hydrogen) atoms. The molecule has 5 nitrogen and oxygen atoms in total. The number of benzene rings is 2. The Morgan fingerprint density at radius 3 is 2.34 bits per heavy atom. The van der Waals surface area contributed by atoms with E-state index < -0.39 is 5.82 Å². The maximum absolute atomic E-state index is 13.2. The van der Waals surface area contributed by atoms with Crippen LogP contribution < -0.4 is 10.7 Å². The predicted molar refractivity (Wildman–Crippen MR) is 111 cm³/mol. The standard InChI is InChI=1S/C21H19Cl2FN2O3/c22-17-6-5-16(13-18(17)23)26-11-9-25(10-12-26)8-7-19-20(29-21(27)28-19)14-1-3-15(24)4-2-14/h1-6,13H,7-12H2. The van der Waals surface area contributed by atoms with Gasteiger partial charge in [0.25, 0.3) is 0 Å². The Hall–Kier alpha value is -2.28. The summed E-state index contributed by atoms with van der Waals surface area (Å²) in [5, 5.41) is 1.10. The van der Waals surface area contributed by atoms with Crippen LogP contribution in [0.3, 0.4) is 0 Å². The Bertz CT molecular complexity index is 1040. The number of rotatable bonds is 5. The minimum absolute atomic E-state index is 0.346. The van der Waals surface area contributed by atoms with Gasteiger partial charge in [0.1, 0.15) is 5.82 Å². The summed E-state index contributed by atoms with van der Waals surface area (Å²) in [5.41, 5.74) is 1.68. The second kappa shape index (κ2) is 8.61. The van der Waals surface area contributed by atoms with Gasteiger partial charge in [-0.15, -0.1) is 0 Å². The van der Waals surface area contributed by atoms with Gasteiger partial charge in [0, 0.05) is 50.4 Å². The molecule has 0 radical (unpaired) electrons. The van der Waals surface area contributed by atoms with E-state index in [9.17, 15) is 9.18 Å². The van der Waals surface area contributed by atoms with Crippen LogP contribution in [-0.4, -0.2) is 37.6 Å². The third-order valence-corrected chi connectivity index (χ3v) is 5.79. The highest BCUT2D eigenvalue weighted by Crippen LogP contribution is 2.28. The first-order valence-corrected chi connectivity index (χ1v) is 10.1. The van der Waals surface area contributed by atoms with Crippen molar-refractivity contribution >= 4 is 28.9 Å². The summed E-state index contributed by atoms with van der Waals surface area (Å²) in [5.74, 6) is -0.247. The largest absolute Gasteiger partial charge is 0.519 e. The Kier molecular flexibility index (Phi) is 5.94. The van der Waals surface area contributed by atoms with Crippen LogP contribution in [-0.2, 0) is 6.42 Å². The van der Waals surface area contributed by atoms with Crippen molar-refractivity contribution in [3.05, 3.63) is 74.7 Å². The molecule has 4 rings (SSSR count). The molecule has 3 aromatic rings. The van der Waals surface area contributed by atoms with Crippen molar-refractivity contribution in [2.45, 2.75) is 6.42 Å². The summed E-state index contributed by atoms with van der Waals surface area (Å²) in [6, 6.07) is 11.5. The van der Waals surface area contributed by atoms with E-state index in [2.05, 4.69) is 9.80 Å². The molecule has 1 saturated heterocycles. The first kappa shape index (κ1) is 20.0. The molecule has 0 saturated carbocycles. The lowest BCUT2D eigenvalue weighted by molar-refractivity contribution is 0.254. The fraction of sp³-hybridized carbons (Fsp3) is 0.286. The van der Waals surface area contributed by atoms with Crippen LogP contribution in [0.4, 0.5) is 10.1 Å². The third kappa shape index (κ3) is 4.66. The summed E-state index contributed by atoms with van der Waals surface area (Å²) in [4.78, 5) is 16.2. The number of hydrogen-bond acceptors (Lipinski definition) is 5. The molecule has 2 heterocycles. The third-order valence-electron chi connectivity index (χ3n) is 5.05. The molecule has 1 fully saturated rings. The van der Waals surface area contributed by atoms with Crippen LogP contribution in [0.15, 0.2) is 56.1 Å². The number of piperazine rings is 1. The summed E-state index contributed by atoms with van der Waals surface area (Å²) < 4.78 is 23.6. The Labute approximate surface area is 177 Å². The minimum Gasteiger partial charge on any atom is -0.395 e. The van der Waals surface area contributed by atoms with Gasteiger partial charge in [-0.2, -0.15) is 0 Å². The van der Waals surface area contributed by atoms with Crippen LogP contribution >= 0.6 is 23.2 Å². The van der Waals surface area contributed by atoms with E-state index in [0.29, 0.717) is 33.6 Å². The molecule has 0 N–H and O–H groups in total. The van der Waals surface area contributed by atoms with Gasteiger partial charge in [-0.1, -0.05) is 23.2 Å². The van der Waals surface area contributed by atoms with Crippen molar-refractivity contribution in [2.24, 2.45) is 0 Å². The van der Waals surface area contributed by atoms with E-state index in [4.69, 9.17) is 32.0 Å². The number of halogens is 3. The lowest BCUT2D eigenvalue weighted by Gasteiger charge is -2.36. The van der Waals surface area contributed by atoms with Gasteiger partial charge >= 0.3 is 5.82 Å². The maximum atomic E-state index is 13.2. The first-order chi connectivity index (χ1) is 14.0. The summed E-state index contributed by atoms with van der Waals surface area (Å²) in [6.45, 7) is 4.19. The molecule has 0 spiro atoms. The first-order valence-electron chi connectivity index (χ1n) is 9.31. The van der Waals surface area contributed by atoms with Gasteiger partial charge in [0.15, 0.2) is 11.5 Å². The van der Waals surface area contributed by atoms with Crippen LogP contribution in [0.1, 0.15) is 5.76 Å². The van der Waals surface area contributed by atoms with Crippen LogP contribution in [0.2, 0.25) is 10.0 Å². The van der Waals surface area contributed by atoms with Gasteiger partial charge in [-0.25, -0.2) is 9.18 Å². The minimum atomic E-state index is -0.747. The monoisotopic (exact) mass is 436 g/mol. The number of nitrogens with zero attached hydrogens (tertiary/aromatic N) is 2. The molecule has 152 valence electrons. The average Bonchev–Trinajstić information content (AvgIpc) is 3.10. The summed E-state index contributed by atoms with van der Waals surface area (Å²) in [7, 11) is 0. The predicted octanol–water partition coefficient (Wildman–Crippen LogP) is 4.71. The molecule has 1 aliphatic rings. The summed E-state index contributed by atoms with van der Waals surface area (Å²) >= 11 is 12.1. The van der Waals surface area contributed by atoms with E-state index in [1.807, 2.05) is 18.2 Å². The highest BCUT2D eigenvalue weighted by molar-refractivity contribution is 6.42. The average molecular weight is 437 g/mol. The van der Waals surface area contributed by atoms with Gasteiger partial charge in [0.2, 0.25) is 0 Å². The van der Waals surface area contributed by atoms with Crippen molar-refractivity contribution < 1.29 is 13.2 Å². The van der Waals surface area contributed by atoms with Crippen molar-refractivity contribution in [3.63, 3.8) is 0 Å². The Morgan fingerprint density at radius 1 is 0.931 bits per heavy atom. The molecular weight excluding hydrogens is 418 g/mol. The lowest BCUT2D eigenvalue weighted by Crippen LogP contribution is -2.47. The highest BCUT2D eigenvalue weighted by Gasteiger charge is 2.20. The van der Waals surface area contributed by atoms with Crippen LogP contribution in [0, 0.1) is 5.82 Å². The Morgan fingerprint density at radius 2 is 1.66 bits per heavy atom. The van der Waals surface area contributed by atoms with Gasteiger partial charge in [0.05, 0.1) is 10.0 Å². The van der Waals surface area contributed by atoms with Crippen molar-refractivity contribution in [2.75, 3.05) is 37.6 Å². The highest BCUT2D eigenvalue weighted by atomic mass is 35.5. The van der Waals surface area contributed by atoms with E-state index in [0.717, 1.165) is 38.4 Å². The van der Waals surface area contributed by atoms with Crippen molar-refractivity contribution in [1.82, 2.24) is 4.90 Å². The smallest absolute Gasteiger partial charge is 0.395 e. The van der Waals surface area contributed by atoms with Crippen LogP contribution in [0.5, 0.6) is 0 Å². The Balaban J connectivity index is 1.37. The number of anilines is 1. The quantitative estimate of drug-likeness (QED) is 0.579. The second-order valence-electron chi connectivity index (χ2n) is 6.89. The van der Waals surface area contributed by atoms with E-state index in [1.165, 1.54) is 12.1 Å². The molecule has 0 amide bonds. The molecule has 1 aliphatic heterocycles. The van der Waals surface area contributed by atoms with Crippen LogP contribution in [0.25, 0.3) is 11.3 Å². The zero-order valence-electron chi connectivity index (χ0n) is 15.5. The molecule has 2 aromatic carbocycles. The number of hydrogen-bond donors (Lipinski definition) is 0. The maximum Gasteiger partial charge on any atom is 0.519 e. The van der Waals surface area contributed by atoms with Gasteiger partial charge in [-0.05, 0) is 42.5 Å². The van der Waals surface area contributed by atoms with Gasteiger partial charge in [-0.3, -0.25) is 4.90 Å². The second-order valence-corrected chi connectivity index (χ2v) is 7.70. The topological polar surface area (TPSA) is 49.8 Å². The van der Waals surface area contributed by atoms with E-state index >= 15 is 0 Å². The SMILES string of the molecule is O=c1oc(CCN2CCN(c3ccc(Cl)c(Cl)c3)CC2)c(-c2ccc(F)cc2)o1.